The van der Waals surface area contributed by atoms with Crippen molar-refractivity contribution in [3.63, 3.8) is 0 Å². The van der Waals surface area contributed by atoms with Crippen LogP contribution in [0.5, 0.6) is 0 Å². The second-order valence-electron chi connectivity index (χ2n) is 7.29. The van der Waals surface area contributed by atoms with Gasteiger partial charge in [-0.2, -0.15) is 4.98 Å². The van der Waals surface area contributed by atoms with E-state index in [0.717, 1.165) is 61.4 Å². The molecule has 2 heterocycles. The van der Waals surface area contributed by atoms with Gasteiger partial charge in [-0.3, -0.25) is 14.7 Å². The van der Waals surface area contributed by atoms with Crippen molar-refractivity contribution in [2.75, 3.05) is 6.61 Å². The molecule has 28 heavy (non-hydrogen) atoms. The molecule has 0 amide bonds. The summed E-state index contributed by atoms with van der Waals surface area (Å²) in [6.45, 7) is 1.36. The first kappa shape index (κ1) is 19.1. The van der Waals surface area contributed by atoms with Gasteiger partial charge >= 0.3 is 5.69 Å². The van der Waals surface area contributed by atoms with Crippen molar-refractivity contribution in [1.82, 2.24) is 9.55 Å². The summed E-state index contributed by atoms with van der Waals surface area (Å²) in [5, 5.41) is 11.7. The maximum atomic E-state index is 12.7. The van der Waals surface area contributed by atoms with Crippen LogP contribution in [0.4, 0.5) is 5.69 Å². The molecule has 0 bridgehead atoms. The lowest BCUT2D eigenvalue weighted by Crippen LogP contribution is -2.33. The first-order valence-electron chi connectivity index (χ1n) is 9.72. The van der Waals surface area contributed by atoms with Crippen molar-refractivity contribution in [1.29, 1.82) is 0 Å². The number of ether oxygens (including phenoxy) is 1. The largest absolute Gasteiger partial charge is 0.376 e. The third kappa shape index (κ3) is 4.12. The number of aromatic nitrogens is 2. The Bertz CT molecular complexity index is 938. The van der Waals surface area contributed by atoms with Crippen molar-refractivity contribution in [3.8, 4) is 0 Å². The van der Waals surface area contributed by atoms with Crippen molar-refractivity contribution in [3.05, 3.63) is 61.7 Å². The summed E-state index contributed by atoms with van der Waals surface area (Å²) in [7, 11) is 0. The number of fused-ring (bicyclic) bond motifs is 1. The first-order valence-corrected chi connectivity index (χ1v) is 10.7. The van der Waals surface area contributed by atoms with E-state index in [0.29, 0.717) is 12.3 Å². The average Bonchev–Trinajstić information content (AvgIpc) is 3.22. The second kappa shape index (κ2) is 8.45. The third-order valence-corrected chi connectivity index (χ3v) is 6.45. The van der Waals surface area contributed by atoms with E-state index in [2.05, 4.69) is 4.98 Å². The van der Waals surface area contributed by atoms with Gasteiger partial charge in [-0.05, 0) is 44.1 Å². The van der Waals surface area contributed by atoms with E-state index in [4.69, 9.17) is 4.74 Å². The fraction of sp³-hybridized carbons (Fsp3) is 0.500. The van der Waals surface area contributed by atoms with E-state index in [-0.39, 0.29) is 22.4 Å². The highest BCUT2D eigenvalue weighted by molar-refractivity contribution is 7.98. The summed E-state index contributed by atoms with van der Waals surface area (Å²) < 4.78 is 7.54. The molecule has 1 aliphatic carbocycles. The molecule has 2 aromatic rings. The number of rotatable bonds is 6. The van der Waals surface area contributed by atoms with Crippen LogP contribution >= 0.6 is 11.8 Å². The minimum absolute atomic E-state index is 0.0834. The molecule has 1 atom stereocenters. The van der Waals surface area contributed by atoms with Gasteiger partial charge in [-0.1, -0.05) is 12.1 Å². The SMILES string of the molecule is O=c1nc(SCc2cccc([N+](=O)[O-])c2)c2c(n1CC1CCCO1)CCCC2. The fourth-order valence-corrected chi connectivity index (χ4v) is 4.98. The molecule has 1 aromatic heterocycles. The number of hydrogen-bond donors (Lipinski definition) is 0. The van der Waals surface area contributed by atoms with E-state index < -0.39 is 0 Å². The second-order valence-corrected chi connectivity index (χ2v) is 8.26. The van der Waals surface area contributed by atoms with Gasteiger partial charge in [0.15, 0.2) is 0 Å². The van der Waals surface area contributed by atoms with Crippen LogP contribution in [-0.4, -0.2) is 27.2 Å². The zero-order valence-electron chi connectivity index (χ0n) is 15.6. The standard InChI is InChI=1S/C20H23N3O4S/c24-20-21-19(28-13-14-5-3-6-15(11-14)23(25)26)17-8-1-2-9-18(17)22(20)12-16-7-4-10-27-16/h3,5-6,11,16H,1-2,4,7-10,12-13H2. The van der Waals surface area contributed by atoms with Crippen LogP contribution in [0.15, 0.2) is 34.1 Å². The molecule has 0 N–H and O–H groups in total. The Kier molecular flexibility index (Phi) is 5.77. The van der Waals surface area contributed by atoms with E-state index in [1.165, 1.54) is 23.4 Å². The molecule has 0 spiro atoms. The minimum atomic E-state index is -0.388. The molecule has 1 saturated heterocycles. The Hall–Kier alpha value is -2.19. The molecule has 1 fully saturated rings. The van der Waals surface area contributed by atoms with E-state index >= 15 is 0 Å². The van der Waals surface area contributed by atoms with Gasteiger partial charge in [0, 0.05) is 35.7 Å². The summed E-state index contributed by atoms with van der Waals surface area (Å²) in [5.74, 6) is 0.552. The Balaban J connectivity index is 1.59. The maximum Gasteiger partial charge on any atom is 0.348 e. The van der Waals surface area contributed by atoms with Gasteiger partial charge in [0.25, 0.3) is 5.69 Å². The van der Waals surface area contributed by atoms with E-state index in [9.17, 15) is 14.9 Å². The first-order chi connectivity index (χ1) is 13.6. The van der Waals surface area contributed by atoms with Gasteiger partial charge in [0.2, 0.25) is 0 Å². The molecule has 4 rings (SSSR count). The van der Waals surface area contributed by atoms with Crippen LogP contribution in [0.2, 0.25) is 0 Å². The third-order valence-electron chi connectivity index (χ3n) is 5.36. The maximum absolute atomic E-state index is 12.7. The molecule has 1 aromatic carbocycles. The molecule has 2 aliphatic rings. The Labute approximate surface area is 167 Å². The number of thioether (sulfide) groups is 1. The van der Waals surface area contributed by atoms with Crippen molar-refractivity contribution in [2.45, 2.75) is 62.0 Å². The minimum Gasteiger partial charge on any atom is -0.376 e. The van der Waals surface area contributed by atoms with Crippen LogP contribution < -0.4 is 5.69 Å². The van der Waals surface area contributed by atoms with Crippen molar-refractivity contribution < 1.29 is 9.66 Å². The molecule has 0 radical (unpaired) electrons. The topological polar surface area (TPSA) is 87.3 Å². The molecule has 1 unspecified atom stereocenters. The summed E-state index contributed by atoms with van der Waals surface area (Å²) in [6, 6.07) is 6.63. The smallest absolute Gasteiger partial charge is 0.348 e. The molecule has 8 heteroatoms. The number of benzene rings is 1. The summed E-state index contributed by atoms with van der Waals surface area (Å²) in [4.78, 5) is 27.7. The molecular formula is C20H23N3O4S. The normalized spacial score (nSPS) is 18.8. The van der Waals surface area contributed by atoms with Gasteiger partial charge in [0.1, 0.15) is 5.03 Å². The zero-order chi connectivity index (χ0) is 19.5. The summed E-state index contributed by atoms with van der Waals surface area (Å²) in [5.41, 5.74) is 2.99. The van der Waals surface area contributed by atoms with Crippen molar-refractivity contribution >= 4 is 17.4 Å². The zero-order valence-corrected chi connectivity index (χ0v) is 16.5. The van der Waals surface area contributed by atoms with Gasteiger partial charge in [-0.25, -0.2) is 4.79 Å². The van der Waals surface area contributed by atoms with Gasteiger partial charge in [0.05, 0.1) is 17.6 Å². The predicted octanol–water partition coefficient (Wildman–Crippen LogP) is 3.50. The summed E-state index contributed by atoms with van der Waals surface area (Å²) >= 11 is 1.50. The lowest BCUT2D eigenvalue weighted by molar-refractivity contribution is -0.384. The molecular weight excluding hydrogens is 378 g/mol. The number of nitrogens with zero attached hydrogens (tertiary/aromatic N) is 3. The molecule has 148 valence electrons. The predicted molar refractivity (Wildman–Crippen MR) is 107 cm³/mol. The summed E-state index contributed by atoms with van der Waals surface area (Å²) in [6.07, 6.45) is 6.13. The highest BCUT2D eigenvalue weighted by Crippen LogP contribution is 2.31. The Morgan fingerprint density at radius 3 is 2.93 bits per heavy atom. The quantitative estimate of drug-likeness (QED) is 0.319. The number of hydrogen-bond acceptors (Lipinski definition) is 6. The molecule has 0 saturated carbocycles. The van der Waals surface area contributed by atoms with Gasteiger partial charge < -0.3 is 4.74 Å². The number of nitro groups is 1. The van der Waals surface area contributed by atoms with Crippen LogP contribution in [0.25, 0.3) is 0 Å². The Morgan fingerprint density at radius 2 is 2.14 bits per heavy atom. The lowest BCUT2D eigenvalue weighted by atomic mass is 9.97. The van der Waals surface area contributed by atoms with Crippen LogP contribution in [0.3, 0.4) is 0 Å². The van der Waals surface area contributed by atoms with Crippen molar-refractivity contribution in [2.24, 2.45) is 0 Å². The number of non-ortho nitro benzene ring substituents is 1. The van der Waals surface area contributed by atoms with Crippen LogP contribution in [-0.2, 0) is 29.9 Å². The van der Waals surface area contributed by atoms with Crippen LogP contribution in [0.1, 0.15) is 42.5 Å². The number of nitro benzene ring substituents is 1. The highest BCUT2D eigenvalue weighted by Gasteiger charge is 2.24. The van der Waals surface area contributed by atoms with Gasteiger partial charge in [-0.15, -0.1) is 11.8 Å². The fourth-order valence-electron chi connectivity index (χ4n) is 3.96. The monoisotopic (exact) mass is 401 g/mol. The lowest BCUT2D eigenvalue weighted by Gasteiger charge is -2.24. The Morgan fingerprint density at radius 1 is 1.29 bits per heavy atom. The van der Waals surface area contributed by atoms with Crippen LogP contribution in [0, 0.1) is 10.1 Å². The molecule has 7 nitrogen and oxygen atoms in total. The highest BCUT2D eigenvalue weighted by atomic mass is 32.2. The van der Waals surface area contributed by atoms with E-state index in [1.54, 1.807) is 12.1 Å². The average molecular weight is 401 g/mol. The molecule has 1 aliphatic heterocycles. The van der Waals surface area contributed by atoms with E-state index in [1.807, 2.05) is 10.6 Å².